The summed E-state index contributed by atoms with van der Waals surface area (Å²) in [4.78, 5) is 0. The summed E-state index contributed by atoms with van der Waals surface area (Å²) < 4.78 is 27.9. The van der Waals surface area contributed by atoms with Gasteiger partial charge >= 0.3 is 0 Å². The number of rotatable bonds is 9. The van der Waals surface area contributed by atoms with Crippen LogP contribution in [0.25, 0.3) is 0 Å². The molecule has 1 rings (SSSR count). The minimum atomic E-state index is -3.39. The normalized spacial score (nSPS) is 13.8. The van der Waals surface area contributed by atoms with E-state index in [2.05, 4.69) is 23.9 Å². The third kappa shape index (κ3) is 4.84. The van der Waals surface area contributed by atoms with Gasteiger partial charge in [-0.15, -0.1) is 11.3 Å². The highest BCUT2D eigenvalue weighted by Gasteiger charge is 2.23. The Morgan fingerprint density at radius 2 is 1.90 bits per heavy atom. The first-order valence-corrected chi connectivity index (χ1v) is 9.61. The molecular formula is C14H26N2O2S2. The molecule has 20 heavy (non-hydrogen) atoms. The molecule has 0 saturated heterocycles. The van der Waals surface area contributed by atoms with Gasteiger partial charge in [0.15, 0.2) is 0 Å². The van der Waals surface area contributed by atoms with Gasteiger partial charge in [0.2, 0.25) is 10.0 Å². The lowest BCUT2D eigenvalue weighted by Gasteiger charge is -2.21. The van der Waals surface area contributed by atoms with Crippen LogP contribution in [0.2, 0.25) is 0 Å². The Hall–Kier alpha value is -0.430. The van der Waals surface area contributed by atoms with Crippen molar-refractivity contribution in [2.24, 2.45) is 5.92 Å². The van der Waals surface area contributed by atoms with Crippen molar-refractivity contribution in [2.75, 3.05) is 6.54 Å². The van der Waals surface area contributed by atoms with Gasteiger partial charge in [-0.25, -0.2) is 13.1 Å². The summed E-state index contributed by atoms with van der Waals surface area (Å²) in [6.45, 7) is 9.76. The predicted octanol–water partition coefficient (Wildman–Crippen LogP) is 2.96. The third-order valence-corrected chi connectivity index (χ3v) is 6.62. The van der Waals surface area contributed by atoms with Crippen molar-refractivity contribution >= 4 is 21.4 Å². The second kappa shape index (κ2) is 8.12. The fraction of sp³-hybridized carbons (Fsp3) is 0.714. The summed E-state index contributed by atoms with van der Waals surface area (Å²) in [5, 5.41) is 5.10. The molecule has 1 atom stereocenters. The van der Waals surface area contributed by atoms with Crippen LogP contribution in [0.15, 0.2) is 15.7 Å². The van der Waals surface area contributed by atoms with Crippen molar-refractivity contribution in [2.45, 2.75) is 57.3 Å². The monoisotopic (exact) mass is 318 g/mol. The van der Waals surface area contributed by atoms with Crippen LogP contribution in [0.5, 0.6) is 0 Å². The van der Waals surface area contributed by atoms with Crippen LogP contribution in [0, 0.1) is 5.92 Å². The van der Waals surface area contributed by atoms with Gasteiger partial charge < -0.3 is 5.32 Å². The van der Waals surface area contributed by atoms with Gasteiger partial charge in [-0.3, -0.25) is 0 Å². The molecule has 1 unspecified atom stereocenters. The number of sulfonamides is 1. The van der Waals surface area contributed by atoms with E-state index in [-0.39, 0.29) is 6.04 Å². The molecule has 0 radical (unpaired) electrons. The van der Waals surface area contributed by atoms with Crippen LogP contribution in [0.1, 0.15) is 46.1 Å². The summed E-state index contributed by atoms with van der Waals surface area (Å²) in [6.07, 6.45) is 1.96. The maximum Gasteiger partial charge on any atom is 0.250 e. The smallest absolute Gasteiger partial charge is 0.250 e. The summed E-state index contributed by atoms with van der Waals surface area (Å²) in [6, 6.07) is 1.73. The Morgan fingerprint density at radius 1 is 1.25 bits per heavy atom. The topological polar surface area (TPSA) is 58.2 Å². The van der Waals surface area contributed by atoms with Gasteiger partial charge in [-0.05, 0) is 36.4 Å². The SMILES string of the molecule is CCNCc1csc(S(=O)(=O)NC(C)C(CC)CC)c1. The fourth-order valence-electron chi connectivity index (χ4n) is 2.25. The van der Waals surface area contributed by atoms with Crippen LogP contribution >= 0.6 is 11.3 Å². The molecule has 6 heteroatoms. The molecular weight excluding hydrogens is 292 g/mol. The quantitative estimate of drug-likeness (QED) is 0.736. The molecule has 116 valence electrons. The Balaban J connectivity index is 2.75. The van der Waals surface area contributed by atoms with Gasteiger partial charge in [0.05, 0.1) is 0 Å². The summed E-state index contributed by atoms with van der Waals surface area (Å²) in [5.41, 5.74) is 1.02. The standard InChI is InChI=1S/C14H26N2O2S2/c1-5-13(6-2)11(4)16-20(17,18)14-8-12(10-19-14)9-15-7-3/h8,10-11,13,15-16H,5-7,9H2,1-4H3. The Bertz CT molecular complexity index is 493. The molecule has 4 nitrogen and oxygen atoms in total. The average Bonchev–Trinajstić information content (AvgIpc) is 2.86. The largest absolute Gasteiger partial charge is 0.313 e. The summed E-state index contributed by atoms with van der Waals surface area (Å²) in [7, 11) is -3.39. The summed E-state index contributed by atoms with van der Waals surface area (Å²) in [5.74, 6) is 0.381. The van der Waals surface area contributed by atoms with Gasteiger partial charge in [-0.1, -0.05) is 33.6 Å². The first kappa shape index (κ1) is 17.6. The molecule has 0 amide bonds. The van der Waals surface area contributed by atoms with Gasteiger partial charge in [0, 0.05) is 12.6 Å². The second-order valence-electron chi connectivity index (χ2n) is 5.04. The highest BCUT2D eigenvalue weighted by molar-refractivity contribution is 7.91. The van der Waals surface area contributed by atoms with Crippen molar-refractivity contribution in [3.63, 3.8) is 0 Å². The van der Waals surface area contributed by atoms with Crippen LogP contribution in [0.4, 0.5) is 0 Å². The molecule has 1 aromatic rings. The molecule has 1 aromatic heterocycles. The lowest BCUT2D eigenvalue weighted by Crippen LogP contribution is -2.37. The number of thiophene rings is 1. The zero-order chi connectivity index (χ0) is 15.2. The molecule has 0 aromatic carbocycles. The molecule has 0 aliphatic carbocycles. The van der Waals surface area contributed by atoms with Crippen LogP contribution in [-0.2, 0) is 16.6 Å². The maximum atomic E-state index is 12.3. The Kier molecular flexibility index (Phi) is 7.15. The average molecular weight is 319 g/mol. The molecule has 0 bridgehead atoms. The van der Waals surface area contributed by atoms with Crippen LogP contribution in [0.3, 0.4) is 0 Å². The van der Waals surface area contributed by atoms with E-state index in [1.54, 1.807) is 6.07 Å². The zero-order valence-corrected chi connectivity index (χ0v) is 14.4. The first-order valence-electron chi connectivity index (χ1n) is 7.25. The van der Waals surface area contributed by atoms with E-state index in [1.807, 2.05) is 19.2 Å². The fourth-order valence-corrected chi connectivity index (χ4v) is 4.79. The van der Waals surface area contributed by atoms with E-state index in [0.717, 1.165) is 24.9 Å². The van der Waals surface area contributed by atoms with Crippen molar-refractivity contribution in [1.29, 1.82) is 0 Å². The molecule has 0 aliphatic rings. The lowest BCUT2D eigenvalue weighted by molar-refractivity contribution is 0.391. The Labute approximate surface area is 127 Å². The maximum absolute atomic E-state index is 12.3. The zero-order valence-electron chi connectivity index (χ0n) is 12.8. The van der Waals surface area contributed by atoms with E-state index in [0.29, 0.717) is 16.7 Å². The Morgan fingerprint density at radius 3 is 2.45 bits per heavy atom. The van der Waals surface area contributed by atoms with Crippen molar-refractivity contribution < 1.29 is 8.42 Å². The van der Waals surface area contributed by atoms with E-state index < -0.39 is 10.0 Å². The van der Waals surface area contributed by atoms with E-state index >= 15 is 0 Å². The molecule has 0 saturated carbocycles. The second-order valence-corrected chi connectivity index (χ2v) is 7.89. The predicted molar refractivity (Wildman–Crippen MR) is 85.6 cm³/mol. The lowest BCUT2D eigenvalue weighted by atomic mass is 9.96. The molecule has 0 spiro atoms. The molecule has 2 N–H and O–H groups in total. The van der Waals surface area contributed by atoms with Crippen LogP contribution < -0.4 is 10.0 Å². The number of nitrogens with one attached hydrogen (secondary N) is 2. The summed E-state index contributed by atoms with van der Waals surface area (Å²) >= 11 is 1.29. The van der Waals surface area contributed by atoms with E-state index in [9.17, 15) is 8.42 Å². The highest BCUT2D eigenvalue weighted by Crippen LogP contribution is 2.22. The minimum absolute atomic E-state index is 0.0330. The van der Waals surface area contributed by atoms with E-state index in [4.69, 9.17) is 0 Å². The van der Waals surface area contributed by atoms with Crippen molar-refractivity contribution in [3.8, 4) is 0 Å². The number of hydrogen-bond acceptors (Lipinski definition) is 4. The van der Waals surface area contributed by atoms with Crippen molar-refractivity contribution in [3.05, 3.63) is 17.0 Å². The van der Waals surface area contributed by atoms with Crippen molar-refractivity contribution in [1.82, 2.24) is 10.0 Å². The molecule has 1 heterocycles. The van der Waals surface area contributed by atoms with Gasteiger partial charge in [0.25, 0.3) is 0 Å². The molecule has 0 fully saturated rings. The first-order chi connectivity index (χ1) is 9.44. The minimum Gasteiger partial charge on any atom is -0.313 e. The third-order valence-electron chi connectivity index (χ3n) is 3.57. The number of hydrogen-bond donors (Lipinski definition) is 2. The highest BCUT2D eigenvalue weighted by atomic mass is 32.2. The van der Waals surface area contributed by atoms with Crippen LogP contribution in [-0.4, -0.2) is 21.0 Å². The van der Waals surface area contributed by atoms with E-state index in [1.165, 1.54) is 11.3 Å². The van der Waals surface area contributed by atoms with Gasteiger partial charge in [0.1, 0.15) is 4.21 Å². The molecule has 0 aliphatic heterocycles. The van der Waals surface area contributed by atoms with Gasteiger partial charge in [-0.2, -0.15) is 0 Å².